The third-order valence-electron chi connectivity index (χ3n) is 5.60. The summed E-state index contributed by atoms with van der Waals surface area (Å²) in [5.74, 6) is -0.378. The number of aryl methyl sites for hydroxylation is 2. The lowest BCUT2D eigenvalue weighted by molar-refractivity contribution is -0.109. The van der Waals surface area contributed by atoms with Crippen molar-refractivity contribution < 1.29 is 14.1 Å². The Labute approximate surface area is 175 Å². The van der Waals surface area contributed by atoms with Gasteiger partial charge in [0.05, 0.1) is 21.3 Å². The Balaban J connectivity index is 1.68. The summed E-state index contributed by atoms with van der Waals surface area (Å²) < 4.78 is 16.6. The van der Waals surface area contributed by atoms with Gasteiger partial charge >= 0.3 is 0 Å². The van der Waals surface area contributed by atoms with Crippen LogP contribution in [0.5, 0.6) is 0 Å². The Morgan fingerprint density at radius 3 is 2.34 bits per heavy atom. The largest absolute Gasteiger partial charge is 0.383 e. The van der Waals surface area contributed by atoms with Crippen molar-refractivity contribution in [2.24, 2.45) is 0 Å². The fourth-order valence-corrected chi connectivity index (χ4v) is 6.95. The van der Waals surface area contributed by atoms with E-state index in [1.807, 2.05) is 0 Å². The van der Waals surface area contributed by atoms with Gasteiger partial charge in [-0.3, -0.25) is 4.79 Å². The topological polar surface area (TPSA) is 91.3 Å². The van der Waals surface area contributed by atoms with Gasteiger partial charge in [-0.15, -0.1) is 11.3 Å². The molecule has 0 bridgehead atoms. The van der Waals surface area contributed by atoms with Crippen molar-refractivity contribution >= 4 is 38.0 Å². The lowest BCUT2D eigenvalue weighted by atomic mass is 9.98. The number of carbonyl (C=O) groups excluding carboxylic acids is 1. The summed E-state index contributed by atoms with van der Waals surface area (Å²) in [4.78, 5) is 17.1. The van der Waals surface area contributed by atoms with Crippen LogP contribution in [0.1, 0.15) is 54.0 Å². The predicted molar refractivity (Wildman–Crippen MR) is 118 cm³/mol. The number of hydrogen-bond donors (Lipinski definition) is 3. The maximum atomic E-state index is 13.4. The van der Waals surface area contributed by atoms with E-state index in [1.165, 1.54) is 33.8 Å². The van der Waals surface area contributed by atoms with E-state index in [1.54, 1.807) is 20.9 Å². The number of rotatable bonds is 5. The van der Waals surface area contributed by atoms with E-state index in [0.29, 0.717) is 9.22 Å². The van der Waals surface area contributed by atoms with Gasteiger partial charge in [0.15, 0.2) is 0 Å². The first-order valence-electron chi connectivity index (χ1n) is 9.95. The molecule has 1 heterocycles. The number of anilines is 1. The quantitative estimate of drug-likeness (QED) is 0.632. The highest BCUT2D eigenvalue weighted by Gasteiger charge is 2.26. The highest BCUT2D eigenvalue weighted by atomic mass is 32.2. The molecule has 0 saturated carbocycles. The Hall–Kier alpha value is -1.74. The average molecular weight is 434 g/mol. The van der Waals surface area contributed by atoms with E-state index in [0.717, 1.165) is 55.5 Å². The molecule has 29 heavy (non-hydrogen) atoms. The smallest absolute Gasteiger partial charge is 0.258 e. The van der Waals surface area contributed by atoms with Gasteiger partial charge in [-0.1, -0.05) is 6.07 Å². The zero-order valence-electron chi connectivity index (χ0n) is 17.0. The molecular formula is C21H27N3O3S2. The highest BCUT2D eigenvalue weighted by molar-refractivity contribution is 8.02. The number of benzene rings is 1. The van der Waals surface area contributed by atoms with E-state index < -0.39 is 15.3 Å². The molecule has 1 atom stereocenters. The highest BCUT2D eigenvalue weighted by Crippen LogP contribution is 2.38. The van der Waals surface area contributed by atoms with E-state index in [2.05, 4.69) is 21.1 Å². The van der Waals surface area contributed by atoms with Crippen molar-refractivity contribution in [2.75, 3.05) is 12.4 Å². The van der Waals surface area contributed by atoms with Crippen LogP contribution in [-0.4, -0.2) is 32.6 Å². The van der Waals surface area contributed by atoms with E-state index >= 15 is 0 Å². The fraction of sp³-hybridized carbons (Fsp3) is 0.476. The number of nitrogens with zero attached hydrogens (tertiary/aromatic N) is 1. The van der Waals surface area contributed by atoms with E-state index in [4.69, 9.17) is 0 Å². The van der Waals surface area contributed by atoms with Crippen LogP contribution < -0.4 is 10.0 Å². The number of carbonyl (C=O) groups is 1. The fourth-order valence-electron chi connectivity index (χ4n) is 4.17. The lowest BCUT2D eigenvalue weighted by Gasteiger charge is -2.16. The number of amides is 1. The second-order valence-electron chi connectivity index (χ2n) is 8.19. The van der Waals surface area contributed by atoms with Gasteiger partial charge in [0.1, 0.15) is 14.8 Å². The minimum Gasteiger partial charge on any atom is -0.383 e. The maximum Gasteiger partial charge on any atom is 0.258 e. The SMILES string of the molecule is CNS(=O)(=CC(=O)Nc1c2c(cc3c1CCC3)CCC2)c1cnc(C(C)(C)O)s1. The third-order valence-corrected chi connectivity index (χ3v) is 9.56. The van der Waals surface area contributed by atoms with Crippen LogP contribution in [0.25, 0.3) is 0 Å². The Morgan fingerprint density at radius 2 is 1.83 bits per heavy atom. The van der Waals surface area contributed by atoms with Crippen LogP contribution in [0.2, 0.25) is 0 Å². The van der Waals surface area contributed by atoms with Gasteiger partial charge in [0.25, 0.3) is 5.91 Å². The molecule has 1 aromatic carbocycles. The summed E-state index contributed by atoms with van der Waals surface area (Å²) in [6.07, 6.45) is 7.76. The maximum absolute atomic E-state index is 13.4. The summed E-state index contributed by atoms with van der Waals surface area (Å²) in [6.45, 7) is 3.26. The van der Waals surface area contributed by atoms with Crippen LogP contribution in [0.3, 0.4) is 0 Å². The van der Waals surface area contributed by atoms with Crippen molar-refractivity contribution in [3.05, 3.63) is 39.5 Å². The van der Waals surface area contributed by atoms with Gasteiger partial charge in [-0.25, -0.2) is 13.9 Å². The van der Waals surface area contributed by atoms with Crippen molar-refractivity contribution in [1.82, 2.24) is 9.71 Å². The molecule has 3 N–H and O–H groups in total. The second-order valence-corrected chi connectivity index (χ2v) is 11.8. The van der Waals surface area contributed by atoms with E-state index in [9.17, 15) is 14.1 Å². The molecular weight excluding hydrogens is 406 g/mol. The molecule has 0 saturated heterocycles. The zero-order chi connectivity index (χ0) is 20.8. The first-order valence-corrected chi connectivity index (χ1v) is 12.4. The van der Waals surface area contributed by atoms with Crippen LogP contribution in [0.15, 0.2) is 16.5 Å². The van der Waals surface area contributed by atoms with Gasteiger partial charge < -0.3 is 10.4 Å². The molecule has 0 aliphatic heterocycles. The zero-order valence-corrected chi connectivity index (χ0v) is 18.6. The van der Waals surface area contributed by atoms with Crippen molar-refractivity contribution in [3.63, 3.8) is 0 Å². The van der Waals surface area contributed by atoms with Crippen LogP contribution in [0, 0.1) is 0 Å². The summed E-state index contributed by atoms with van der Waals surface area (Å²) in [6, 6.07) is 2.32. The predicted octanol–water partition coefficient (Wildman–Crippen LogP) is 2.57. The monoisotopic (exact) mass is 433 g/mol. The molecule has 0 spiro atoms. The molecule has 0 fully saturated rings. The molecule has 0 radical (unpaired) electrons. The first-order chi connectivity index (χ1) is 13.7. The molecule has 2 aromatic rings. The molecule has 1 amide bonds. The standard InChI is InChI=1S/C21H27N3O3S2/c1-21(2,26)20-23-11-18(28-20)29(27,22-3)12-17(25)24-19-15-8-4-6-13(15)10-14-7-5-9-16(14)19/h10-12,26H,4-9H2,1-3H3,(H,22,27)(H,24,25). The minimum atomic E-state index is -2.93. The molecule has 4 rings (SSSR count). The van der Waals surface area contributed by atoms with Gasteiger partial charge in [-0.05, 0) is 81.7 Å². The summed E-state index contributed by atoms with van der Waals surface area (Å²) >= 11 is 1.15. The average Bonchev–Trinajstić information content (AvgIpc) is 3.40. The summed E-state index contributed by atoms with van der Waals surface area (Å²) in [7, 11) is -1.37. The molecule has 6 nitrogen and oxygen atoms in total. The normalized spacial score (nSPS) is 17.5. The van der Waals surface area contributed by atoms with Crippen LogP contribution >= 0.6 is 11.3 Å². The first kappa shape index (κ1) is 20.5. The number of fused-ring (bicyclic) bond motifs is 2. The van der Waals surface area contributed by atoms with Crippen molar-refractivity contribution in [3.8, 4) is 0 Å². The second kappa shape index (κ2) is 7.50. The molecule has 2 aliphatic carbocycles. The van der Waals surface area contributed by atoms with E-state index in [-0.39, 0.29) is 5.91 Å². The van der Waals surface area contributed by atoms with Gasteiger partial charge in [0, 0.05) is 5.69 Å². The molecule has 156 valence electrons. The third kappa shape index (κ3) is 3.86. The van der Waals surface area contributed by atoms with Crippen LogP contribution in [-0.2, 0) is 45.8 Å². The Bertz CT molecular complexity index is 1060. The Kier molecular flexibility index (Phi) is 5.31. The molecule has 8 heteroatoms. The lowest BCUT2D eigenvalue weighted by Crippen LogP contribution is -2.27. The minimum absolute atomic E-state index is 0.378. The van der Waals surface area contributed by atoms with Crippen LogP contribution in [0.4, 0.5) is 5.69 Å². The van der Waals surface area contributed by atoms with Crippen molar-refractivity contribution in [2.45, 2.75) is 62.2 Å². The molecule has 2 aliphatic rings. The number of thiazole rings is 1. The Morgan fingerprint density at radius 1 is 1.21 bits per heavy atom. The molecule has 1 unspecified atom stereocenters. The van der Waals surface area contributed by atoms with Gasteiger partial charge in [-0.2, -0.15) is 0 Å². The number of aliphatic hydroxyl groups is 1. The van der Waals surface area contributed by atoms with Crippen molar-refractivity contribution in [1.29, 1.82) is 0 Å². The summed E-state index contributed by atoms with van der Waals surface area (Å²) in [5, 5.41) is 14.9. The molecule has 1 aromatic heterocycles. The number of nitrogens with one attached hydrogen (secondary N) is 2. The summed E-state index contributed by atoms with van der Waals surface area (Å²) in [5.41, 5.74) is 4.98. The number of aromatic nitrogens is 1. The number of hydrogen-bond acceptors (Lipinski definition) is 5. The van der Waals surface area contributed by atoms with Gasteiger partial charge in [0.2, 0.25) is 0 Å².